The second-order valence-electron chi connectivity index (χ2n) is 7.40. The zero-order chi connectivity index (χ0) is 25.1. The summed E-state index contributed by atoms with van der Waals surface area (Å²) in [7, 11) is 0. The summed E-state index contributed by atoms with van der Waals surface area (Å²) in [6.45, 7) is 4.65. The molecule has 4 N–H and O–H groups in total. The highest BCUT2D eigenvalue weighted by molar-refractivity contribution is 5.93. The highest BCUT2D eigenvalue weighted by Gasteiger charge is 2.06. The number of aromatic carboxylic acids is 1. The molecule has 0 unspecified atom stereocenters. The van der Waals surface area contributed by atoms with Crippen molar-refractivity contribution in [3.63, 3.8) is 0 Å². The number of aromatic nitrogens is 1. The molecule has 11 nitrogen and oxygen atoms in total. The van der Waals surface area contributed by atoms with Gasteiger partial charge in [0, 0.05) is 26.0 Å². The van der Waals surface area contributed by atoms with Crippen LogP contribution >= 0.6 is 0 Å². The molecule has 190 valence electrons. The number of carbonyl (C=O) groups excluding carboxylic acids is 1. The van der Waals surface area contributed by atoms with Gasteiger partial charge >= 0.3 is 5.97 Å². The monoisotopic (exact) mass is 487 g/mol. The number of carboxylic acid groups (broad SMARTS) is 1. The van der Waals surface area contributed by atoms with Crippen LogP contribution in [0.2, 0.25) is 0 Å². The second-order valence-corrected chi connectivity index (χ2v) is 7.40. The van der Waals surface area contributed by atoms with E-state index in [1.54, 1.807) is 24.3 Å². The molecular formula is C24H33N5O6. The van der Waals surface area contributed by atoms with Crippen molar-refractivity contribution in [2.45, 2.75) is 19.4 Å². The lowest BCUT2D eigenvalue weighted by atomic mass is 10.1. The summed E-state index contributed by atoms with van der Waals surface area (Å²) in [5, 5.41) is 19.8. The zero-order valence-corrected chi connectivity index (χ0v) is 19.7. The second kappa shape index (κ2) is 17.2. The lowest BCUT2D eigenvalue weighted by Crippen LogP contribution is -2.25. The third kappa shape index (κ3) is 12.1. The summed E-state index contributed by atoms with van der Waals surface area (Å²) in [6, 6.07) is 9.65. The van der Waals surface area contributed by atoms with Crippen LogP contribution in [0, 0.1) is 0 Å². The standard InChI is InChI=1S/C24H33N5O6/c25-9-1-11-33-13-15-35-16-14-34-12-2-10-26-23(30)21-7-8-22(27-18-21)29-28-17-19-3-5-20(6-4-19)24(31)32/h3-8,18H,1-2,9-17,25H2,(H,26,30)(H,31,32). The molecule has 0 fully saturated rings. The van der Waals surface area contributed by atoms with Crippen molar-refractivity contribution in [2.75, 3.05) is 52.7 Å². The Morgan fingerprint density at radius 3 is 2.11 bits per heavy atom. The molecule has 2 rings (SSSR count). The summed E-state index contributed by atoms with van der Waals surface area (Å²) in [5.74, 6) is -0.823. The lowest BCUT2D eigenvalue weighted by Gasteiger charge is -2.07. The van der Waals surface area contributed by atoms with E-state index in [4.69, 9.17) is 25.1 Å². The molecule has 0 radical (unpaired) electrons. The molecule has 0 saturated heterocycles. The molecule has 0 aliphatic carbocycles. The van der Waals surface area contributed by atoms with Crippen molar-refractivity contribution in [1.82, 2.24) is 10.3 Å². The molecule has 0 atom stereocenters. The summed E-state index contributed by atoms with van der Waals surface area (Å²) in [6.07, 6.45) is 2.98. The number of benzene rings is 1. The van der Waals surface area contributed by atoms with E-state index in [0.717, 1.165) is 12.0 Å². The van der Waals surface area contributed by atoms with Crippen LogP contribution in [0.5, 0.6) is 0 Å². The van der Waals surface area contributed by atoms with Gasteiger partial charge in [-0.25, -0.2) is 9.78 Å². The Labute approximate surface area is 204 Å². The van der Waals surface area contributed by atoms with E-state index >= 15 is 0 Å². The van der Waals surface area contributed by atoms with Gasteiger partial charge in [-0.3, -0.25) is 4.79 Å². The van der Waals surface area contributed by atoms with Crippen molar-refractivity contribution in [1.29, 1.82) is 0 Å². The highest BCUT2D eigenvalue weighted by atomic mass is 16.5. The van der Waals surface area contributed by atoms with E-state index in [0.29, 0.717) is 77.1 Å². The number of carboxylic acids is 1. The van der Waals surface area contributed by atoms with Gasteiger partial charge in [0.2, 0.25) is 0 Å². The smallest absolute Gasteiger partial charge is 0.335 e. The van der Waals surface area contributed by atoms with Crippen LogP contribution in [0.1, 0.15) is 39.1 Å². The quantitative estimate of drug-likeness (QED) is 0.214. The Bertz CT molecular complexity index is 906. The molecule has 1 heterocycles. The maximum Gasteiger partial charge on any atom is 0.335 e. The number of rotatable bonds is 18. The number of hydrogen-bond donors (Lipinski definition) is 3. The van der Waals surface area contributed by atoms with Crippen molar-refractivity contribution >= 4 is 17.7 Å². The summed E-state index contributed by atoms with van der Waals surface area (Å²) in [5.41, 5.74) is 6.85. The van der Waals surface area contributed by atoms with Crippen LogP contribution in [0.25, 0.3) is 0 Å². The van der Waals surface area contributed by atoms with Gasteiger partial charge in [0.1, 0.15) is 0 Å². The van der Waals surface area contributed by atoms with Crippen LogP contribution in [0.4, 0.5) is 5.82 Å². The Hall–Kier alpha value is -3.25. The third-order valence-corrected chi connectivity index (χ3v) is 4.63. The first-order valence-electron chi connectivity index (χ1n) is 11.5. The minimum atomic E-state index is -0.975. The normalized spacial score (nSPS) is 11.1. The van der Waals surface area contributed by atoms with Gasteiger partial charge in [0.05, 0.1) is 44.1 Å². The van der Waals surface area contributed by atoms with Crippen LogP contribution in [0.15, 0.2) is 52.8 Å². The van der Waals surface area contributed by atoms with Crippen molar-refractivity contribution in [2.24, 2.45) is 16.0 Å². The molecule has 11 heteroatoms. The van der Waals surface area contributed by atoms with Crippen molar-refractivity contribution in [3.8, 4) is 0 Å². The number of nitrogens with one attached hydrogen (secondary N) is 1. The molecule has 1 amide bonds. The van der Waals surface area contributed by atoms with E-state index in [9.17, 15) is 9.59 Å². The number of azo groups is 1. The number of amides is 1. The van der Waals surface area contributed by atoms with Crippen LogP contribution in [-0.2, 0) is 20.8 Å². The first kappa shape index (κ1) is 28.0. The number of nitrogens with zero attached hydrogens (tertiary/aromatic N) is 3. The molecule has 1 aromatic heterocycles. The van der Waals surface area contributed by atoms with Gasteiger partial charge in [0.25, 0.3) is 5.91 Å². The molecule has 0 aliphatic heterocycles. The number of nitrogens with two attached hydrogens (primary N) is 1. The predicted molar refractivity (Wildman–Crippen MR) is 129 cm³/mol. The molecule has 0 spiro atoms. The average Bonchev–Trinajstić information content (AvgIpc) is 2.87. The number of ether oxygens (including phenoxy) is 3. The minimum Gasteiger partial charge on any atom is -0.478 e. The summed E-state index contributed by atoms with van der Waals surface area (Å²) >= 11 is 0. The molecule has 35 heavy (non-hydrogen) atoms. The minimum absolute atomic E-state index is 0.218. The number of carbonyl (C=O) groups is 2. The summed E-state index contributed by atoms with van der Waals surface area (Å²) < 4.78 is 16.2. The Kier molecular flexibility index (Phi) is 13.8. The lowest BCUT2D eigenvalue weighted by molar-refractivity contribution is 0.0141. The maximum absolute atomic E-state index is 12.2. The van der Waals surface area contributed by atoms with E-state index < -0.39 is 5.97 Å². The predicted octanol–water partition coefficient (Wildman–Crippen LogP) is 2.58. The van der Waals surface area contributed by atoms with Gasteiger partial charge in [0.15, 0.2) is 5.82 Å². The Morgan fingerprint density at radius 1 is 0.886 bits per heavy atom. The molecule has 2 aromatic rings. The highest BCUT2D eigenvalue weighted by Crippen LogP contribution is 2.11. The van der Waals surface area contributed by atoms with Gasteiger partial charge in [-0.1, -0.05) is 12.1 Å². The van der Waals surface area contributed by atoms with Gasteiger partial charge < -0.3 is 30.4 Å². The van der Waals surface area contributed by atoms with Crippen LogP contribution in [-0.4, -0.2) is 74.7 Å². The number of hydrogen-bond acceptors (Lipinski definition) is 9. The van der Waals surface area contributed by atoms with Gasteiger partial charge in [-0.2, -0.15) is 5.11 Å². The first-order chi connectivity index (χ1) is 17.1. The first-order valence-corrected chi connectivity index (χ1v) is 11.5. The fourth-order valence-electron chi connectivity index (χ4n) is 2.73. The van der Waals surface area contributed by atoms with Gasteiger partial charge in [-0.05, 0) is 49.2 Å². The average molecular weight is 488 g/mol. The molecular weight excluding hydrogens is 454 g/mol. The SMILES string of the molecule is NCCCOCCOCCOCCCNC(=O)c1ccc(N=NCc2ccc(C(=O)O)cc2)nc1. The number of pyridine rings is 1. The van der Waals surface area contributed by atoms with Crippen LogP contribution < -0.4 is 11.1 Å². The van der Waals surface area contributed by atoms with E-state index in [-0.39, 0.29) is 11.5 Å². The fraction of sp³-hybridized carbons (Fsp3) is 0.458. The Morgan fingerprint density at radius 2 is 1.51 bits per heavy atom. The van der Waals surface area contributed by atoms with E-state index in [2.05, 4.69) is 20.5 Å². The van der Waals surface area contributed by atoms with Crippen molar-refractivity contribution < 1.29 is 28.9 Å². The Balaban J connectivity index is 1.54. The maximum atomic E-state index is 12.2. The molecule has 0 saturated carbocycles. The third-order valence-electron chi connectivity index (χ3n) is 4.63. The molecule has 1 aromatic carbocycles. The molecule has 0 aliphatic rings. The topological polar surface area (TPSA) is 158 Å². The van der Waals surface area contributed by atoms with Gasteiger partial charge in [-0.15, -0.1) is 5.11 Å². The van der Waals surface area contributed by atoms with Crippen LogP contribution in [0.3, 0.4) is 0 Å². The fourth-order valence-corrected chi connectivity index (χ4v) is 2.73. The molecule has 0 bridgehead atoms. The van der Waals surface area contributed by atoms with Crippen molar-refractivity contribution in [3.05, 3.63) is 59.3 Å². The largest absolute Gasteiger partial charge is 0.478 e. The summed E-state index contributed by atoms with van der Waals surface area (Å²) in [4.78, 5) is 27.2. The van der Waals surface area contributed by atoms with E-state index in [1.165, 1.54) is 18.3 Å². The zero-order valence-electron chi connectivity index (χ0n) is 19.7. The van der Waals surface area contributed by atoms with E-state index in [1.807, 2.05) is 0 Å².